The summed E-state index contributed by atoms with van der Waals surface area (Å²) in [5, 5.41) is 3.02. The highest BCUT2D eigenvalue weighted by Gasteiger charge is 2.31. The van der Waals surface area contributed by atoms with E-state index in [9.17, 15) is 9.59 Å². The Hall–Kier alpha value is -2.82. The first-order valence-electron chi connectivity index (χ1n) is 10.9. The number of benzene rings is 2. The van der Waals surface area contributed by atoms with Crippen molar-refractivity contribution in [3.63, 3.8) is 0 Å². The zero-order valence-electron chi connectivity index (χ0n) is 19.9. The van der Waals surface area contributed by atoms with Gasteiger partial charge in [0.25, 0.3) is 5.91 Å². The van der Waals surface area contributed by atoms with Crippen molar-refractivity contribution in [3.8, 4) is 5.75 Å². The van der Waals surface area contributed by atoms with Crippen molar-refractivity contribution in [1.82, 2.24) is 10.2 Å². The highest BCUT2D eigenvalue weighted by Crippen LogP contribution is 2.20. The molecule has 5 heteroatoms. The molecule has 0 unspecified atom stereocenters. The van der Waals surface area contributed by atoms with Gasteiger partial charge in [0.05, 0.1) is 0 Å². The molecule has 0 heterocycles. The van der Waals surface area contributed by atoms with E-state index in [-0.39, 0.29) is 24.0 Å². The third kappa shape index (κ3) is 7.12. The topological polar surface area (TPSA) is 58.6 Å². The van der Waals surface area contributed by atoms with Crippen molar-refractivity contribution >= 4 is 11.8 Å². The molecule has 0 aliphatic rings. The summed E-state index contributed by atoms with van der Waals surface area (Å²) in [6, 6.07) is 13.3. The second kappa shape index (κ2) is 10.5. The number of carbonyl (C=O) groups is 2. The number of ether oxygens (including phenoxy) is 1. The first-order chi connectivity index (χ1) is 14.5. The quantitative estimate of drug-likeness (QED) is 0.667. The van der Waals surface area contributed by atoms with Crippen LogP contribution in [0.4, 0.5) is 0 Å². The standard InChI is InChI=1S/C26H36N2O3/c1-8-22(25(30)27-26(5,6)7)28(16-21-12-10-9-11-19(21)3)24(29)17-31-23-15-18(2)13-14-20(23)4/h9-15,22H,8,16-17H2,1-7H3,(H,27,30)/t22-/m0/s1. The molecular weight excluding hydrogens is 388 g/mol. The van der Waals surface area contributed by atoms with Gasteiger partial charge in [-0.05, 0) is 76.3 Å². The van der Waals surface area contributed by atoms with E-state index >= 15 is 0 Å². The van der Waals surface area contributed by atoms with Crippen LogP contribution in [0, 0.1) is 20.8 Å². The molecule has 31 heavy (non-hydrogen) atoms. The molecule has 0 aliphatic carbocycles. The molecule has 0 fully saturated rings. The third-order valence-corrected chi connectivity index (χ3v) is 5.18. The van der Waals surface area contributed by atoms with Gasteiger partial charge in [0, 0.05) is 12.1 Å². The normalized spacial score (nSPS) is 12.2. The Morgan fingerprint density at radius 1 is 1.03 bits per heavy atom. The van der Waals surface area contributed by atoms with Crippen LogP contribution in [0.25, 0.3) is 0 Å². The van der Waals surface area contributed by atoms with Crippen LogP contribution in [-0.4, -0.2) is 34.9 Å². The zero-order valence-corrected chi connectivity index (χ0v) is 19.9. The van der Waals surface area contributed by atoms with Crippen LogP contribution in [0.1, 0.15) is 56.4 Å². The zero-order chi connectivity index (χ0) is 23.2. The molecule has 0 aromatic heterocycles. The highest BCUT2D eigenvalue weighted by molar-refractivity contribution is 5.88. The van der Waals surface area contributed by atoms with Crippen LogP contribution < -0.4 is 10.1 Å². The molecule has 1 N–H and O–H groups in total. The van der Waals surface area contributed by atoms with Crippen LogP contribution in [0.3, 0.4) is 0 Å². The van der Waals surface area contributed by atoms with Crippen LogP contribution in [0.2, 0.25) is 0 Å². The van der Waals surface area contributed by atoms with Gasteiger partial charge in [-0.2, -0.15) is 0 Å². The number of amides is 2. The fourth-order valence-electron chi connectivity index (χ4n) is 3.43. The second-order valence-electron chi connectivity index (χ2n) is 9.17. The number of rotatable bonds is 8. The Kier molecular flexibility index (Phi) is 8.26. The highest BCUT2D eigenvalue weighted by atomic mass is 16.5. The molecular formula is C26H36N2O3. The minimum Gasteiger partial charge on any atom is -0.483 e. The van der Waals surface area contributed by atoms with Gasteiger partial charge in [-0.3, -0.25) is 9.59 Å². The molecule has 5 nitrogen and oxygen atoms in total. The van der Waals surface area contributed by atoms with Crippen molar-refractivity contribution in [2.24, 2.45) is 0 Å². The minimum atomic E-state index is -0.575. The smallest absolute Gasteiger partial charge is 0.261 e. The van der Waals surface area contributed by atoms with Gasteiger partial charge < -0.3 is 15.0 Å². The van der Waals surface area contributed by atoms with Gasteiger partial charge >= 0.3 is 0 Å². The lowest BCUT2D eigenvalue weighted by atomic mass is 10.0. The van der Waals surface area contributed by atoms with E-state index < -0.39 is 6.04 Å². The summed E-state index contributed by atoms with van der Waals surface area (Å²) in [6.07, 6.45) is 0.517. The molecule has 0 aliphatic heterocycles. The monoisotopic (exact) mass is 424 g/mol. The minimum absolute atomic E-state index is 0.116. The Morgan fingerprint density at radius 2 is 1.71 bits per heavy atom. The van der Waals surface area contributed by atoms with E-state index in [1.54, 1.807) is 4.90 Å². The summed E-state index contributed by atoms with van der Waals surface area (Å²) in [4.78, 5) is 28.0. The summed E-state index contributed by atoms with van der Waals surface area (Å²) >= 11 is 0. The predicted octanol–water partition coefficient (Wildman–Crippen LogP) is 4.71. The molecule has 2 rings (SSSR count). The Balaban J connectivity index is 2.28. The summed E-state index contributed by atoms with van der Waals surface area (Å²) in [5.74, 6) is 0.333. The summed E-state index contributed by atoms with van der Waals surface area (Å²) in [6.45, 7) is 13.9. The predicted molar refractivity (Wildman–Crippen MR) is 125 cm³/mol. The summed E-state index contributed by atoms with van der Waals surface area (Å²) < 4.78 is 5.88. The lowest BCUT2D eigenvalue weighted by Gasteiger charge is -2.33. The van der Waals surface area contributed by atoms with E-state index in [1.165, 1.54) is 0 Å². The number of aryl methyl sites for hydroxylation is 3. The third-order valence-electron chi connectivity index (χ3n) is 5.18. The van der Waals surface area contributed by atoms with Gasteiger partial charge in [0.15, 0.2) is 6.61 Å². The summed E-state index contributed by atoms with van der Waals surface area (Å²) in [7, 11) is 0. The van der Waals surface area contributed by atoms with E-state index in [4.69, 9.17) is 4.74 Å². The van der Waals surface area contributed by atoms with E-state index in [0.29, 0.717) is 18.7 Å². The average Bonchev–Trinajstić information content (AvgIpc) is 2.68. The molecule has 0 saturated carbocycles. The van der Waals surface area contributed by atoms with Crippen molar-refractivity contribution in [1.29, 1.82) is 0 Å². The SMILES string of the molecule is CC[C@@H](C(=O)NC(C)(C)C)N(Cc1ccccc1C)C(=O)COc1cc(C)ccc1C. The van der Waals surface area contributed by atoms with Crippen LogP contribution in [0.5, 0.6) is 5.75 Å². The maximum Gasteiger partial charge on any atom is 0.261 e. The molecule has 2 aromatic carbocycles. The molecule has 1 atom stereocenters. The molecule has 0 bridgehead atoms. The maximum absolute atomic E-state index is 13.3. The molecule has 168 valence electrons. The van der Waals surface area contributed by atoms with Gasteiger partial charge in [-0.25, -0.2) is 0 Å². The molecule has 2 amide bonds. The van der Waals surface area contributed by atoms with Gasteiger partial charge in [0.2, 0.25) is 5.91 Å². The van der Waals surface area contributed by atoms with Crippen LogP contribution >= 0.6 is 0 Å². The van der Waals surface area contributed by atoms with Gasteiger partial charge in [0.1, 0.15) is 11.8 Å². The van der Waals surface area contributed by atoms with Crippen molar-refractivity contribution in [3.05, 3.63) is 64.7 Å². The summed E-state index contributed by atoms with van der Waals surface area (Å²) in [5.41, 5.74) is 3.77. The van der Waals surface area contributed by atoms with E-state index in [0.717, 1.165) is 22.3 Å². The number of nitrogens with one attached hydrogen (secondary N) is 1. The maximum atomic E-state index is 13.3. The fraction of sp³-hybridized carbons (Fsp3) is 0.462. The molecule has 0 spiro atoms. The van der Waals surface area contributed by atoms with Gasteiger partial charge in [-0.15, -0.1) is 0 Å². The number of nitrogens with zero attached hydrogens (tertiary/aromatic N) is 1. The first kappa shape index (κ1) is 24.4. The number of hydrogen-bond acceptors (Lipinski definition) is 3. The lowest BCUT2D eigenvalue weighted by molar-refractivity contribution is -0.143. The lowest BCUT2D eigenvalue weighted by Crippen LogP contribution is -2.54. The molecule has 0 saturated heterocycles. The van der Waals surface area contributed by atoms with Crippen LogP contribution in [0.15, 0.2) is 42.5 Å². The molecule has 0 radical (unpaired) electrons. The second-order valence-corrected chi connectivity index (χ2v) is 9.17. The average molecular weight is 425 g/mol. The largest absolute Gasteiger partial charge is 0.483 e. The number of carbonyl (C=O) groups excluding carboxylic acids is 2. The van der Waals surface area contributed by atoms with E-state index in [1.807, 2.05) is 90.9 Å². The van der Waals surface area contributed by atoms with E-state index in [2.05, 4.69) is 5.32 Å². The fourth-order valence-corrected chi connectivity index (χ4v) is 3.43. The Bertz CT molecular complexity index is 915. The first-order valence-corrected chi connectivity index (χ1v) is 10.9. The van der Waals surface area contributed by atoms with Crippen molar-refractivity contribution in [2.75, 3.05) is 6.61 Å². The van der Waals surface area contributed by atoms with Crippen molar-refractivity contribution in [2.45, 2.75) is 73.0 Å². The Labute approximate surface area is 186 Å². The van der Waals surface area contributed by atoms with Gasteiger partial charge in [-0.1, -0.05) is 43.3 Å². The Morgan fingerprint density at radius 3 is 2.32 bits per heavy atom. The molecule has 2 aromatic rings. The van der Waals surface area contributed by atoms with Crippen molar-refractivity contribution < 1.29 is 14.3 Å². The van der Waals surface area contributed by atoms with Crippen LogP contribution in [-0.2, 0) is 16.1 Å². The number of hydrogen-bond donors (Lipinski definition) is 1.